The minimum Gasteiger partial charge on any atom is -0.490 e. The lowest BCUT2D eigenvalue weighted by Gasteiger charge is -2.23. The number of ether oxygens (including phenoxy) is 1. The lowest BCUT2D eigenvalue weighted by atomic mass is 10.1. The summed E-state index contributed by atoms with van der Waals surface area (Å²) in [6.07, 6.45) is 4.04. The predicted molar refractivity (Wildman–Crippen MR) is 82.7 cm³/mol. The van der Waals surface area contributed by atoms with E-state index in [-0.39, 0.29) is 0 Å². The van der Waals surface area contributed by atoms with Crippen LogP contribution in [0.2, 0.25) is 0 Å². The molecule has 1 saturated heterocycles. The van der Waals surface area contributed by atoms with Crippen molar-refractivity contribution in [3.8, 4) is 5.75 Å². The van der Waals surface area contributed by atoms with Gasteiger partial charge in [-0.25, -0.2) is 4.98 Å². The maximum absolute atomic E-state index is 5.96. The number of nitrogens with zero attached hydrogens (tertiary/aromatic N) is 2. The predicted octanol–water partition coefficient (Wildman–Crippen LogP) is 1.93. The van der Waals surface area contributed by atoms with Gasteiger partial charge in [0, 0.05) is 11.9 Å². The highest BCUT2D eigenvalue weighted by Crippen LogP contribution is 2.21. The smallest absolute Gasteiger partial charge is 0.229 e. The fourth-order valence-electron chi connectivity index (χ4n) is 2.28. The molecule has 0 unspecified atom stereocenters. The molecule has 1 aliphatic rings. The van der Waals surface area contributed by atoms with Gasteiger partial charge in [-0.3, -0.25) is 0 Å². The molecule has 1 aliphatic heterocycles. The zero-order valence-corrected chi connectivity index (χ0v) is 11.7. The molecule has 21 heavy (non-hydrogen) atoms. The molecular weight excluding hydrogens is 266 g/mol. The summed E-state index contributed by atoms with van der Waals surface area (Å²) in [7, 11) is 0. The Kier molecular flexibility index (Phi) is 4.16. The second-order valence-corrected chi connectivity index (χ2v) is 5.02. The average molecular weight is 285 g/mol. The Balaban J connectivity index is 1.61. The fraction of sp³-hybridized carbons (Fsp3) is 0.333. The van der Waals surface area contributed by atoms with Gasteiger partial charge in [0.05, 0.1) is 0 Å². The Hall–Kier alpha value is -2.34. The molecular formula is C15H19N5O. The van der Waals surface area contributed by atoms with Gasteiger partial charge in [-0.1, -0.05) is 0 Å². The molecule has 4 N–H and O–H groups in total. The summed E-state index contributed by atoms with van der Waals surface area (Å²) in [6.45, 7) is 2.05. The highest BCUT2D eigenvalue weighted by atomic mass is 16.5. The van der Waals surface area contributed by atoms with Crippen LogP contribution in [0.5, 0.6) is 5.75 Å². The topological polar surface area (TPSA) is 85.1 Å². The number of hydrogen-bond donors (Lipinski definition) is 3. The molecule has 6 nitrogen and oxygen atoms in total. The van der Waals surface area contributed by atoms with E-state index in [0.29, 0.717) is 17.9 Å². The lowest BCUT2D eigenvalue weighted by Crippen LogP contribution is -2.34. The van der Waals surface area contributed by atoms with Crippen LogP contribution in [0.25, 0.3) is 0 Å². The van der Waals surface area contributed by atoms with Crippen molar-refractivity contribution in [3.63, 3.8) is 0 Å². The summed E-state index contributed by atoms with van der Waals surface area (Å²) in [5, 5.41) is 6.44. The summed E-state index contributed by atoms with van der Waals surface area (Å²) in [5.41, 5.74) is 6.53. The summed E-state index contributed by atoms with van der Waals surface area (Å²) in [6, 6.07) is 9.46. The van der Waals surface area contributed by atoms with E-state index in [4.69, 9.17) is 10.5 Å². The molecule has 2 aromatic rings. The molecule has 0 bridgehead atoms. The number of nitrogens with two attached hydrogens (primary N) is 1. The van der Waals surface area contributed by atoms with Crippen molar-refractivity contribution in [2.45, 2.75) is 18.9 Å². The summed E-state index contributed by atoms with van der Waals surface area (Å²) in [4.78, 5) is 8.21. The van der Waals surface area contributed by atoms with Crippen LogP contribution in [0.3, 0.4) is 0 Å². The summed E-state index contributed by atoms with van der Waals surface area (Å²) >= 11 is 0. The Morgan fingerprint density at radius 2 is 1.90 bits per heavy atom. The molecule has 0 radical (unpaired) electrons. The maximum atomic E-state index is 5.96. The van der Waals surface area contributed by atoms with Crippen LogP contribution in [0, 0.1) is 0 Å². The van der Waals surface area contributed by atoms with Gasteiger partial charge in [0.15, 0.2) is 0 Å². The molecule has 0 aliphatic carbocycles. The molecule has 6 heteroatoms. The van der Waals surface area contributed by atoms with Gasteiger partial charge in [0.1, 0.15) is 17.7 Å². The number of hydrogen-bond acceptors (Lipinski definition) is 6. The molecule has 3 rings (SSSR count). The van der Waals surface area contributed by atoms with Crippen LogP contribution >= 0.6 is 0 Å². The standard InChI is InChI=1S/C15H19N5O/c16-14-7-10-18-15(20-14)19-11-1-3-12(4-2-11)21-13-5-8-17-9-6-13/h1-4,7,10,13,17H,5-6,8-9H2,(H3,16,18,19,20). The first-order valence-corrected chi connectivity index (χ1v) is 7.12. The molecule has 0 spiro atoms. The molecule has 1 aromatic carbocycles. The Morgan fingerprint density at radius 1 is 1.14 bits per heavy atom. The van der Waals surface area contributed by atoms with E-state index in [2.05, 4.69) is 20.6 Å². The largest absolute Gasteiger partial charge is 0.490 e. The SMILES string of the molecule is Nc1ccnc(Nc2ccc(OC3CCNCC3)cc2)n1. The van der Waals surface area contributed by atoms with Gasteiger partial charge in [0.25, 0.3) is 0 Å². The highest BCUT2D eigenvalue weighted by molar-refractivity contribution is 5.55. The van der Waals surface area contributed by atoms with E-state index in [1.54, 1.807) is 12.3 Å². The van der Waals surface area contributed by atoms with Crippen LogP contribution in [-0.4, -0.2) is 29.2 Å². The number of nitrogen functional groups attached to an aromatic ring is 1. The number of rotatable bonds is 4. The number of nitrogens with one attached hydrogen (secondary N) is 2. The van der Waals surface area contributed by atoms with E-state index >= 15 is 0 Å². The van der Waals surface area contributed by atoms with Crippen LogP contribution < -0.4 is 21.1 Å². The van der Waals surface area contributed by atoms with Crippen molar-refractivity contribution in [2.24, 2.45) is 0 Å². The van der Waals surface area contributed by atoms with Gasteiger partial charge in [-0.2, -0.15) is 4.98 Å². The minimum atomic E-state index is 0.308. The van der Waals surface area contributed by atoms with Crippen molar-refractivity contribution in [2.75, 3.05) is 24.1 Å². The van der Waals surface area contributed by atoms with Crippen LogP contribution in [0.15, 0.2) is 36.5 Å². The van der Waals surface area contributed by atoms with Crippen molar-refractivity contribution in [1.82, 2.24) is 15.3 Å². The summed E-state index contributed by atoms with van der Waals surface area (Å²) < 4.78 is 5.96. The Bertz CT molecular complexity index is 581. The molecule has 110 valence electrons. The van der Waals surface area contributed by atoms with Gasteiger partial charge in [0.2, 0.25) is 5.95 Å². The van der Waals surface area contributed by atoms with Crippen molar-refractivity contribution >= 4 is 17.5 Å². The van der Waals surface area contributed by atoms with Gasteiger partial charge in [-0.15, -0.1) is 0 Å². The first kappa shape index (κ1) is 13.6. The first-order chi connectivity index (χ1) is 10.3. The molecule has 0 saturated carbocycles. The number of anilines is 3. The quantitative estimate of drug-likeness (QED) is 0.796. The monoisotopic (exact) mass is 285 g/mol. The second-order valence-electron chi connectivity index (χ2n) is 5.02. The van der Waals surface area contributed by atoms with Crippen molar-refractivity contribution in [3.05, 3.63) is 36.5 Å². The average Bonchev–Trinajstić information content (AvgIpc) is 2.50. The zero-order valence-electron chi connectivity index (χ0n) is 11.7. The number of aromatic nitrogens is 2. The third kappa shape index (κ3) is 3.82. The third-order valence-electron chi connectivity index (χ3n) is 3.38. The first-order valence-electron chi connectivity index (χ1n) is 7.12. The number of piperidine rings is 1. The van der Waals surface area contributed by atoms with Crippen LogP contribution in [0.1, 0.15) is 12.8 Å². The maximum Gasteiger partial charge on any atom is 0.229 e. The Labute approximate surface area is 123 Å². The van der Waals surface area contributed by atoms with Crippen LogP contribution in [-0.2, 0) is 0 Å². The zero-order chi connectivity index (χ0) is 14.5. The van der Waals surface area contributed by atoms with Gasteiger partial charge >= 0.3 is 0 Å². The van der Waals surface area contributed by atoms with Gasteiger partial charge < -0.3 is 21.1 Å². The molecule has 1 aromatic heterocycles. The van der Waals surface area contributed by atoms with Crippen LogP contribution in [0.4, 0.5) is 17.5 Å². The van der Waals surface area contributed by atoms with Crippen molar-refractivity contribution in [1.29, 1.82) is 0 Å². The number of benzene rings is 1. The van der Waals surface area contributed by atoms with Crippen molar-refractivity contribution < 1.29 is 4.74 Å². The molecule has 0 amide bonds. The fourth-order valence-corrected chi connectivity index (χ4v) is 2.28. The molecule has 1 fully saturated rings. The molecule has 0 atom stereocenters. The third-order valence-corrected chi connectivity index (χ3v) is 3.38. The van der Waals surface area contributed by atoms with E-state index in [0.717, 1.165) is 37.4 Å². The second kappa shape index (κ2) is 6.41. The highest BCUT2D eigenvalue weighted by Gasteiger charge is 2.14. The lowest BCUT2D eigenvalue weighted by molar-refractivity contribution is 0.162. The van der Waals surface area contributed by atoms with E-state index < -0.39 is 0 Å². The summed E-state index contributed by atoms with van der Waals surface area (Å²) in [5.74, 6) is 1.82. The van der Waals surface area contributed by atoms with E-state index in [1.165, 1.54) is 0 Å². The normalized spacial score (nSPS) is 15.6. The molecule has 2 heterocycles. The van der Waals surface area contributed by atoms with Gasteiger partial charge in [-0.05, 0) is 56.3 Å². The van der Waals surface area contributed by atoms with E-state index in [1.807, 2.05) is 24.3 Å². The Morgan fingerprint density at radius 3 is 2.62 bits per heavy atom. The minimum absolute atomic E-state index is 0.308. The van der Waals surface area contributed by atoms with E-state index in [9.17, 15) is 0 Å².